The molecule has 0 spiro atoms. The van der Waals surface area contributed by atoms with Gasteiger partial charge in [-0.1, -0.05) is 0 Å². The van der Waals surface area contributed by atoms with E-state index in [1.165, 1.54) is 12.2 Å². The zero-order valence-corrected chi connectivity index (χ0v) is 19.0. The number of nitrogens with one attached hydrogen (secondary N) is 2. The molecule has 1 atom stereocenters. The van der Waals surface area contributed by atoms with E-state index in [9.17, 15) is 24.0 Å². The summed E-state index contributed by atoms with van der Waals surface area (Å²) in [5.74, 6) is -0.877. The van der Waals surface area contributed by atoms with Crippen molar-refractivity contribution in [3.05, 3.63) is 12.2 Å². The fraction of sp³-hybridized carbons (Fsp3) is 0.682. The van der Waals surface area contributed by atoms with Crippen molar-refractivity contribution in [3.8, 4) is 0 Å². The highest BCUT2D eigenvalue weighted by Gasteiger charge is 2.23. The molecule has 0 aromatic heterocycles. The number of carbonyl (C=O) groups is 5. The molecule has 10 heteroatoms. The van der Waals surface area contributed by atoms with Gasteiger partial charge in [0.25, 0.3) is 11.8 Å². The molecule has 1 unspecified atom stereocenters. The van der Waals surface area contributed by atoms with Gasteiger partial charge in [0.2, 0.25) is 5.91 Å². The smallest absolute Gasteiger partial charge is 0.253 e. The summed E-state index contributed by atoms with van der Waals surface area (Å²) in [6.45, 7) is 3.14. The number of rotatable bonds is 19. The Kier molecular flexibility index (Phi) is 14.0. The molecule has 1 rings (SSSR count). The molecule has 0 fully saturated rings. The number of carbonyl (C=O) groups excluding carboxylic acids is 5. The minimum atomic E-state index is -0.382. The van der Waals surface area contributed by atoms with Gasteiger partial charge in [-0.25, -0.2) is 0 Å². The number of ether oxygens (including phenoxy) is 2. The lowest BCUT2D eigenvalue weighted by Crippen LogP contribution is -2.32. The first kappa shape index (κ1) is 27.6. The molecule has 0 saturated carbocycles. The molecule has 180 valence electrons. The lowest BCUT2D eigenvalue weighted by molar-refractivity contribution is -0.137. The summed E-state index contributed by atoms with van der Waals surface area (Å²) in [7, 11) is 1.76. The number of nitrogens with zero attached hydrogens (tertiary/aromatic N) is 1. The minimum Gasteiger partial charge on any atom is -0.379 e. The molecule has 1 aliphatic rings. The Morgan fingerprint density at radius 1 is 0.969 bits per heavy atom. The van der Waals surface area contributed by atoms with Gasteiger partial charge in [-0.15, -0.1) is 0 Å². The van der Waals surface area contributed by atoms with Crippen molar-refractivity contribution >= 4 is 29.3 Å². The number of likely N-dealkylation sites (N-methyl/N-ethyl adjacent to an activating group) is 1. The van der Waals surface area contributed by atoms with E-state index in [2.05, 4.69) is 10.6 Å². The van der Waals surface area contributed by atoms with Crippen LogP contribution in [0.3, 0.4) is 0 Å². The van der Waals surface area contributed by atoms with E-state index >= 15 is 0 Å². The molecule has 0 bridgehead atoms. The van der Waals surface area contributed by atoms with Crippen molar-refractivity contribution in [3.63, 3.8) is 0 Å². The summed E-state index contributed by atoms with van der Waals surface area (Å²) in [5, 5.41) is 5.73. The molecular weight excluding hydrogens is 418 g/mol. The molecule has 32 heavy (non-hydrogen) atoms. The summed E-state index contributed by atoms with van der Waals surface area (Å²) < 4.78 is 10.6. The van der Waals surface area contributed by atoms with Crippen LogP contribution < -0.4 is 10.6 Å². The second-order valence-electron chi connectivity index (χ2n) is 7.52. The van der Waals surface area contributed by atoms with E-state index in [1.54, 1.807) is 14.0 Å². The number of Topliss-reactive ketones (excluding diaryl/α,β-unsaturated/α-hetero) is 2. The molecule has 0 aromatic rings. The monoisotopic (exact) mass is 453 g/mol. The van der Waals surface area contributed by atoms with Crippen molar-refractivity contribution in [1.29, 1.82) is 0 Å². The fourth-order valence-electron chi connectivity index (χ4n) is 3.07. The van der Waals surface area contributed by atoms with Crippen LogP contribution in [0.15, 0.2) is 12.2 Å². The predicted octanol–water partition coefficient (Wildman–Crippen LogP) is 0.148. The van der Waals surface area contributed by atoms with Crippen LogP contribution in [-0.2, 0) is 33.4 Å². The fourth-order valence-corrected chi connectivity index (χ4v) is 3.07. The lowest BCUT2D eigenvalue weighted by Gasteiger charge is -2.12. The van der Waals surface area contributed by atoms with E-state index in [1.807, 2.05) is 0 Å². The van der Waals surface area contributed by atoms with Crippen LogP contribution in [0, 0.1) is 0 Å². The van der Waals surface area contributed by atoms with Crippen LogP contribution in [0.1, 0.15) is 45.4 Å². The second-order valence-corrected chi connectivity index (χ2v) is 7.52. The van der Waals surface area contributed by atoms with Gasteiger partial charge in [-0.3, -0.25) is 28.9 Å². The largest absolute Gasteiger partial charge is 0.379 e. The molecule has 0 radical (unpaired) electrons. The van der Waals surface area contributed by atoms with Crippen molar-refractivity contribution in [2.45, 2.75) is 51.5 Å². The number of ketones is 2. The molecular formula is C22H35N3O7. The second kappa shape index (κ2) is 16.2. The van der Waals surface area contributed by atoms with Crippen LogP contribution in [-0.4, -0.2) is 86.8 Å². The maximum Gasteiger partial charge on any atom is 0.253 e. The molecule has 1 aliphatic heterocycles. The maximum absolute atomic E-state index is 11.8. The third-order valence-electron chi connectivity index (χ3n) is 4.95. The highest BCUT2D eigenvalue weighted by molar-refractivity contribution is 6.13. The molecule has 0 aromatic carbocycles. The van der Waals surface area contributed by atoms with Gasteiger partial charge in [0.1, 0.15) is 18.2 Å². The van der Waals surface area contributed by atoms with Gasteiger partial charge in [0.15, 0.2) is 0 Å². The Morgan fingerprint density at radius 2 is 1.66 bits per heavy atom. The number of hydrogen-bond donors (Lipinski definition) is 2. The van der Waals surface area contributed by atoms with Crippen LogP contribution in [0.25, 0.3) is 0 Å². The summed E-state index contributed by atoms with van der Waals surface area (Å²) in [6, 6.07) is -0.129. The quantitative estimate of drug-likeness (QED) is 0.209. The van der Waals surface area contributed by atoms with Crippen LogP contribution >= 0.6 is 0 Å². The first-order chi connectivity index (χ1) is 15.3. The summed E-state index contributed by atoms with van der Waals surface area (Å²) in [4.78, 5) is 58.6. The van der Waals surface area contributed by atoms with Gasteiger partial charge in [0, 0.05) is 44.7 Å². The van der Waals surface area contributed by atoms with Gasteiger partial charge in [-0.05, 0) is 39.7 Å². The number of imide groups is 1. The van der Waals surface area contributed by atoms with Crippen LogP contribution in [0.4, 0.5) is 0 Å². The van der Waals surface area contributed by atoms with Gasteiger partial charge >= 0.3 is 0 Å². The van der Waals surface area contributed by atoms with Gasteiger partial charge in [0.05, 0.1) is 19.3 Å². The van der Waals surface area contributed by atoms with E-state index in [-0.39, 0.29) is 61.5 Å². The van der Waals surface area contributed by atoms with Gasteiger partial charge < -0.3 is 20.1 Å². The van der Waals surface area contributed by atoms with E-state index in [4.69, 9.17) is 9.47 Å². The lowest BCUT2D eigenvalue weighted by atomic mass is 10.1. The SMILES string of the molecule is CNC(CCCCNC(=O)COCCOCCCC(=O)CCN1C(=O)C=CC1=O)C(C)=O. The number of amides is 3. The third kappa shape index (κ3) is 11.8. The first-order valence-corrected chi connectivity index (χ1v) is 11.0. The Morgan fingerprint density at radius 3 is 2.31 bits per heavy atom. The maximum atomic E-state index is 11.8. The highest BCUT2D eigenvalue weighted by Crippen LogP contribution is 2.06. The summed E-state index contributed by atoms with van der Waals surface area (Å²) in [5.41, 5.74) is 0. The average molecular weight is 454 g/mol. The summed E-state index contributed by atoms with van der Waals surface area (Å²) >= 11 is 0. The van der Waals surface area contributed by atoms with Crippen molar-refractivity contribution in [2.24, 2.45) is 0 Å². The van der Waals surface area contributed by atoms with Crippen LogP contribution in [0.5, 0.6) is 0 Å². The normalized spacial score (nSPS) is 14.1. The standard InChI is InChI=1S/C22H35N3O7/c1-17(26)19(23-2)7-3-4-11-24-20(28)16-32-15-14-31-13-5-6-18(27)10-12-25-21(29)8-9-22(25)30/h8-9,19,23H,3-7,10-16H2,1-2H3,(H,24,28). The molecule has 2 N–H and O–H groups in total. The van der Waals surface area contributed by atoms with Crippen LogP contribution in [0.2, 0.25) is 0 Å². The van der Waals surface area contributed by atoms with Crippen molar-refractivity contribution < 1.29 is 33.4 Å². The molecule has 1 heterocycles. The number of hydrogen-bond acceptors (Lipinski definition) is 8. The zero-order valence-electron chi connectivity index (χ0n) is 19.0. The molecule has 0 saturated heterocycles. The average Bonchev–Trinajstić information content (AvgIpc) is 3.08. The molecule has 3 amide bonds. The Bertz CT molecular complexity index is 660. The summed E-state index contributed by atoms with van der Waals surface area (Å²) in [6.07, 6.45) is 5.77. The molecule has 0 aliphatic carbocycles. The number of unbranched alkanes of at least 4 members (excludes halogenated alkanes) is 1. The van der Waals surface area contributed by atoms with Gasteiger partial charge in [-0.2, -0.15) is 0 Å². The van der Waals surface area contributed by atoms with E-state index in [0.29, 0.717) is 32.6 Å². The van der Waals surface area contributed by atoms with E-state index in [0.717, 1.165) is 24.2 Å². The minimum absolute atomic E-state index is 0.0307. The highest BCUT2D eigenvalue weighted by atomic mass is 16.5. The van der Waals surface area contributed by atoms with E-state index < -0.39 is 0 Å². The Hall–Kier alpha value is -2.43. The third-order valence-corrected chi connectivity index (χ3v) is 4.95. The Labute approximate surface area is 189 Å². The van der Waals surface area contributed by atoms with Crippen molar-refractivity contribution in [1.82, 2.24) is 15.5 Å². The zero-order chi connectivity index (χ0) is 23.8. The first-order valence-electron chi connectivity index (χ1n) is 11.0. The Balaban J connectivity index is 1.90. The van der Waals surface area contributed by atoms with Crippen molar-refractivity contribution in [2.75, 3.05) is 46.6 Å². The predicted molar refractivity (Wildman–Crippen MR) is 117 cm³/mol. The topological polar surface area (TPSA) is 131 Å². The molecule has 10 nitrogen and oxygen atoms in total.